The maximum atomic E-state index is 12.7. The fourth-order valence-electron chi connectivity index (χ4n) is 2.81. The Balaban J connectivity index is 2.13. The Morgan fingerprint density at radius 1 is 1.36 bits per heavy atom. The van der Waals surface area contributed by atoms with E-state index in [0.717, 1.165) is 0 Å². The largest absolute Gasteiger partial charge is 0.480 e. The van der Waals surface area contributed by atoms with Gasteiger partial charge in [0, 0.05) is 19.1 Å². The molecule has 1 aromatic rings. The molecule has 1 saturated heterocycles. The Kier molecular flexibility index (Phi) is 6.53. The first kappa shape index (κ1) is 19.8. The van der Waals surface area contributed by atoms with Gasteiger partial charge in [-0.1, -0.05) is 11.8 Å². The molecule has 0 atom stereocenters. The zero-order valence-electron chi connectivity index (χ0n) is 14.2. The van der Waals surface area contributed by atoms with E-state index in [-0.39, 0.29) is 30.6 Å². The molecule has 0 aliphatic carbocycles. The van der Waals surface area contributed by atoms with Gasteiger partial charge in [-0.2, -0.15) is 0 Å². The minimum atomic E-state index is -3.27. The number of carbonyl (C=O) groups is 2. The SMILES string of the molecule is CCS(=O)(=O)N1CCC(N(CC(=O)O)C(=O)c2ccc(SC)o2)CC1. The van der Waals surface area contributed by atoms with Gasteiger partial charge in [-0.15, -0.1) is 0 Å². The van der Waals surface area contributed by atoms with E-state index in [4.69, 9.17) is 9.52 Å². The molecular formula is C15H22N2O6S2. The third kappa shape index (κ3) is 4.77. The number of carboxylic acids is 1. The maximum absolute atomic E-state index is 12.7. The summed E-state index contributed by atoms with van der Waals surface area (Å²) in [7, 11) is -3.27. The van der Waals surface area contributed by atoms with E-state index < -0.39 is 28.4 Å². The summed E-state index contributed by atoms with van der Waals surface area (Å²) in [6.45, 7) is 1.69. The smallest absolute Gasteiger partial charge is 0.323 e. The first-order valence-electron chi connectivity index (χ1n) is 7.93. The lowest BCUT2D eigenvalue weighted by Gasteiger charge is -2.36. The summed E-state index contributed by atoms with van der Waals surface area (Å²) in [4.78, 5) is 25.1. The fourth-order valence-corrected chi connectivity index (χ4v) is 4.32. The number of rotatable bonds is 7. The number of nitrogens with zero attached hydrogens (tertiary/aromatic N) is 2. The number of carbonyl (C=O) groups excluding carboxylic acids is 1. The first-order chi connectivity index (χ1) is 11.8. The van der Waals surface area contributed by atoms with Crippen LogP contribution in [-0.2, 0) is 14.8 Å². The van der Waals surface area contributed by atoms with Crippen molar-refractivity contribution in [3.8, 4) is 0 Å². The van der Waals surface area contributed by atoms with E-state index in [1.54, 1.807) is 13.0 Å². The molecule has 1 aliphatic heterocycles. The van der Waals surface area contributed by atoms with Crippen LogP contribution in [0.4, 0.5) is 0 Å². The quantitative estimate of drug-likeness (QED) is 0.700. The Labute approximate surface area is 151 Å². The van der Waals surface area contributed by atoms with E-state index >= 15 is 0 Å². The monoisotopic (exact) mass is 390 g/mol. The number of sulfonamides is 1. The average Bonchev–Trinajstić information content (AvgIpc) is 3.08. The van der Waals surface area contributed by atoms with E-state index in [1.807, 2.05) is 6.26 Å². The molecule has 0 aromatic carbocycles. The lowest BCUT2D eigenvalue weighted by atomic mass is 10.0. The molecule has 1 amide bonds. The predicted molar refractivity (Wildman–Crippen MR) is 93.2 cm³/mol. The molecule has 1 fully saturated rings. The average molecular weight is 390 g/mol. The maximum Gasteiger partial charge on any atom is 0.323 e. The third-order valence-electron chi connectivity index (χ3n) is 4.18. The van der Waals surface area contributed by atoms with E-state index in [0.29, 0.717) is 17.9 Å². The minimum Gasteiger partial charge on any atom is -0.480 e. The summed E-state index contributed by atoms with van der Waals surface area (Å²) in [5.41, 5.74) is 0. The molecule has 0 radical (unpaired) electrons. The number of piperidine rings is 1. The molecule has 0 saturated carbocycles. The van der Waals surface area contributed by atoms with Crippen molar-refractivity contribution in [3.63, 3.8) is 0 Å². The van der Waals surface area contributed by atoms with Gasteiger partial charge in [0.15, 0.2) is 10.9 Å². The standard InChI is InChI=1S/C15H22N2O6S2/c1-3-25(21,22)16-8-6-11(7-9-16)17(10-13(18)19)15(20)12-4-5-14(23-12)24-2/h4-5,11H,3,6-10H2,1-2H3,(H,18,19). The second-order valence-corrected chi connectivity index (χ2v) is 8.75. The van der Waals surface area contributed by atoms with Crippen LogP contribution >= 0.6 is 11.8 Å². The molecule has 1 N–H and O–H groups in total. The number of amides is 1. The highest BCUT2D eigenvalue weighted by Crippen LogP contribution is 2.23. The fraction of sp³-hybridized carbons (Fsp3) is 0.600. The Hall–Kier alpha value is -1.52. The summed E-state index contributed by atoms with van der Waals surface area (Å²) in [6, 6.07) is 2.85. The van der Waals surface area contributed by atoms with Crippen LogP contribution in [-0.4, -0.2) is 72.3 Å². The highest BCUT2D eigenvalue weighted by molar-refractivity contribution is 7.98. The van der Waals surface area contributed by atoms with E-state index in [1.165, 1.54) is 27.0 Å². The van der Waals surface area contributed by atoms with Gasteiger partial charge in [-0.3, -0.25) is 9.59 Å². The van der Waals surface area contributed by atoms with Crippen LogP contribution in [0, 0.1) is 0 Å². The van der Waals surface area contributed by atoms with Crippen LogP contribution < -0.4 is 0 Å². The van der Waals surface area contributed by atoms with Crippen LogP contribution in [0.25, 0.3) is 0 Å². The summed E-state index contributed by atoms with van der Waals surface area (Å²) in [6.07, 6.45) is 2.61. The van der Waals surface area contributed by atoms with Crippen LogP contribution in [0.5, 0.6) is 0 Å². The molecule has 1 aromatic heterocycles. The highest BCUT2D eigenvalue weighted by atomic mass is 32.2. The van der Waals surface area contributed by atoms with Crippen molar-refractivity contribution < 1.29 is 27.5 Å². The van der Waals surface area contributed by atoms with E-state index in [2.05, 4.69) is 0 Å². The van der Waals surface area contributed by atoms with Crippen LogP contribution in [0.3, 0.4) is 0 Å². The van der Waals surface area contributed by atoms with Crippen molar-refractivity contribution in [1.82, 2.24) is 9.21 Å². The molecule has 8 nitrogen and oxygen atoms in total. The molecule has 1 aliphatic rings. The molecule has 0 spiro atoms. The molecule has 2 rings (SSSR count). The van der Waals surface area contributed by atoms with Gasteiger partial charge in [0.05, 0.1) is 5.75 Å². The number of hydrogen-bond donors (Lipinski definition) is 1. The summed E-state index contributed by atoms with van der Waals surface area (Å²) in [5, 5.41) is 9.72. The predicted octanol–water partition coefficient (Wildman–Crippen LogP) is 1.34. The van der Waals surface area contributed by atoms with Crippen molar-refractivity contribution in [2.45, 2.75) is 30.9 Å². The zero-order valence-corrected chi connectivity index (χ0v) is 15.8. The lowest BCUT2D eigenvalue weighted by molar-refractivity contribution is -0.138. The van der Waals surface area contributed by atoms with Crippen molar-refractivity contribution in [2.75, 3.05) is 31.6 Å². The van der Waals surface area contributed by atoms with Gasteiger partial charge >= 0.3 is 5.97 Å². The molecule has 25 heavy (non-hydrogen) atoms. The second-order valence-electron chi connectivity index (χ2n) is 5.68. The molecule has 2 heterocycles. The molecule has 0 bridgehead atoms. The van der Waals surface area contributed by atoms with Crippen molar-refractivity contribution >= 4 is 33.7 Å². The van der Waals surface area contributed by atoms with Crippen LogP contribution in [0.1, 0.15) is 30.3 Å². The van der Waals surface area contributed by atoms with Gasteiger partial charge in [0.25, 0.3) is 5.91 Å². The third-order valence-corrected chi connectivity index (χ3v) is 6.69. The zero-order chi connectivity index (χ0) is 18.6. The first-order valence-corrected chi connectivity index (χ1v) is 10.8. The number of furan rings is 1. The molecule has 10 heteroatoms. The van der Waals surface area contributed by atoms with Gasteiger partial charge in [-0.05, 0) is 38.2 Å². The summed E-state index contributed by atoms with van der Waals surface area (Å²) in [5.74, 6) is -1.48. The number of thioether (sulfide) groups is 1. The van der Waals surface area contributed by atoms with Gasteiger partial charge < -0.3 is 14.4 Å². The van der Waals surface area contributed by atoms with Crippen molar-refractivity contribution in [2.24, 2.45) is 0 Å². The topological polar surface area (TPSA) is 108 Å². The summed E-state index contributed by atoms with van der Waals surface area (Å²) < 4.78 is 30.7. The number of aliphatic carboxylic acids is 1. The molecule has 140 valence electrons. The van der Waals surface area contributed by atoms with Crippen molar-refractivity contribution in [3.05, 3.63) is 17.9 Å². The number of carboxylic acid groups (broad SMARTS) is 1. The van der Waals surface area contributed by atoms with Gasteiger partial charge in [-0.25, -0.2) is 12.7 Å². The highest BCUT2D eigenvalue weighted by Gasteiger charge is 2.34. The van der Waals surface area contributed by atoms with E-state index in [9.17, 15) is 18.0 Å². The Bertz CT molecular complexity index is 722. The van der Waals surface area contributed by atoms with Crippen molar-refractivity contribution in [1.29, 1.82) is 0 Å². The minimum absolute atomic E-state index is 0.0271. The van der Waals surface area contributed by atoms with Crippen LogP contribution in [0.2, 0.25) is 0 Å². The molecular weight excluding hydrogens is 368 g/mol. The van der Waals surface area contributed by atoms with Gasteiger partial charge in [0.1, 0.15) is 6.54 Å². The Morgan fingerprint density at radius 3 is 2.48 bits per heavy atom. The Morgan fingerprint density at radius 2 is 2.00 bits per heavy atom. The number of hydrogen-bond acceptors (Lipinski definition) is 6. The normalized spacial score (nSPS) is 16.7. The lowest BCUT2D eigenvalue weighted by Crippen LogP contribution is -2.50. The summed E-state index contributed by atoms with van der Waals surface area (Å²) >= 11 is 1.35. The molecule has 0 unspecified atom stereocenters. The van der Waals surface area contributed by atoms with Gasteiger partial charge in [0.2, 0.25) is 10.0 Å². The second kappa shape index (κ2) is 8.24. The van der Waals surface area contributed by atoms with Crippen LogP contribution in [0.15, 0.2) is 21.6 Å².